The molecule has 3 rings (SSSR count). The maximum absolute atomic E-state index is 5.20. The number of benzene rings is 1. The zero-order chi connectivity index (χ0) is 11.7. The van der Waals surface area contributed by atoms with Gasteiger partial charge in [-0.3, -0.25) is 4.90 Å². The van der Waals surface area contributed by atoms with Crippen LogP contribution in [0.5, 0.6) is 0 Å². The molecule has 1 aromatic carbocycles. The van der Waals surface area contributed by atoms with Crippen LogP contribution in [-0.4, -0.2) is 17.1 Å². The lowest BCUT2D eigenvalue weighted by molar-refractivity contribution is 0.262. The van der Waals surface area contributed by atoms with Gasteiger partial charge in [0.25, 0.3) is 0 Å². The van der Waals surface area contributed by atoms with Crippen molar-refractivity contribution in [1.82, 2.24) is 10.1 Å². The van der Waals surface area contributed by atoms with Crippen molar-refractivity contribution in [2.45, 2.75) is 19.6 Å². The minimum atomic E-state index is 0.801. The topological polar surface area (TPSA) is 41.3 Å². The van der Waals surface area contributed by atoms with E-state index in [0.717, 1.165) is 31.2 Å². The van der Waals surface area contributed by atoms with Crippen LogP contribution >= 0.6 is 0 Å². The molecule has 1 aliphatic rings. The van der Waals surface area contributed by atoms with Crippen LogP contribution in [0.3, 0.4) is 0 Å². The fraction of sp³-hybridized carbons (Fsp3) is 0.308. The molecule has 0 saturated carbocycles. The Bertz CT molecular complexity index is 507. The number of anilines is 1. The third-order valence-corrected chi connectivity index (χ3v) is 3.10. The maximum Gasteiger partial charge on any atom is 0.229 e. The fourth-order valence-electron chi connectivity index (χ4n) is 2.27. The first-order chi connectivity index (χ1) is 8.36. The van der Waals surface area contributed by atoms with Gasteiger partial charge in [-0.2, -0.15) is 0 Å². The van der Waals surface area contributed by atoms with Gasteiger partial charge in [0.2, 0.25) is 5.88 Å². The lowest BCUT2D eigenvalue weighted by atomic mass is 10.2. The third kappa shape index (κ3) is 1.91. The Morgan fingerprint density at radius 1 is 1.29 bits per heavy atom. The van der Waals surface area contributed by atoms with Crippen molar-refractivity contribution in [3.05, 3.63) is 47.2 Å². The standard InChI is InChI=1S/C13H15N3O/c1-14-13-11-8-16(9-12(11)15-17-13)7-10-5-3-2-4-6-10/h2-6,14H,7-9H2,1H3. The molecule has 4 heteroatoms. The minimum Gasteiger partial charge on any atom is -0.357 e. The van der Waals surface area contributed by atoms with Gasteiger partial charge in [0.05, 0.1) is 5.56 Å². The lowest BCUT2D eigenvalue weighted by Gasteiger charge is -2.14. The van der Waals surface area contributed by atoms with Gasteiger partial charge in [0, 0.05) is 26.7 Å². The summed E-state index contributed by atoms with van der Waals surface area (Å²) in [6.45, 7) is 2.74. The molecule has 0 aliphatic carbocycles. The molecule has 1 aliphatic heterocycles. The summed E-state index contributed by atoms with van der Waals surface area (Å²) in [6, 6.07) is 10.5. The van der Waals surface area contributed by atoms with Gasteiger partial charge in [-0.15, -0.1) is 0 Å². The highest BCUT2D eigenvalue weighted by Gasteiger charge is 2.26. The zero-order valence-corrected chi connectivity index (χ0v) is 9.81. The molecule has 0 amide bonds. The Kier molecular flexibility index (Phi) is 2.57. The Morgan fingerprint density at radius 2 is 2.12 bits per heavy atom. The van der Waals surface area contributed by atoms with E-state index >= 15 is 0 Å². The average molecular weight is 229 g/mol. The molecule has 1 N–H and O–H groups in total. The van der Waals surface area contributed by atoms with Gasteiger partial charge in [0.1, 0.15) is 5.69 Å². The summed E-state index contributed by atoms with van der Waals surface area (Å²) >= 11 is 0. The van der Waals surface area contributed by atoms with Crippen molar-refractivity contribution in [3.63, 3.8) is 0 Å². The van der Waals surface area contributed by atoms with Crippen molar-refractivity contribution in [3.8, 4) is 0 Å². The first kappa shape index (κ1) is 10.4. The Hall–Kier alpha value is -1.81. The average Bonchev–Trinajstić information content (AvgIpc) is 2.89. The number of nitrogens with one attached hydrogen (secondary N) is 1. The van der Waals surface area contributed by atoms with Gasteiger partial charge in [0.15, 0.2) is 0 Å². The van der Waals surface area contributed by atoms with Crippen molar-refractivity contribution >= 4 is 5.88 Å². The molecule has 4 nitrogen and oxygen atoms in total. The number of hydrogen-bond acceptors (Lipinski definition) is 4. The van der Waals surface area contributed by atoms with Crippen LogP contribution < -0.4 is 5.32 Å². The van der Waals surface area contributed by atoms with Crippen LogP contribution in [0.1, 0.15) is 16.8 Å². The van der Waals surface area contributed by atoms with Crippen molar-refractivity contribution < 1.29 is 4.52 Å². The summed E-state index contributed by atoms with van der Waals surface area (Å²) in [5, 5.41) is 7.12. The normalized spacial score (nSPS) is 14.9. The van der Waals surface area contributed by atoms with Gasteiger partial charge >= 0.3 is 0 Å². The molecule has 0 atom stereocenters. The SMILES string of the molecule is CNc1onc2c1CN(Cc1ccccc1)C2. The van der Waals surface area contributed by atoms with Gasteiger partial charge in [-0.25, -0.2) is 0 Å². The van der Waals surface area contributed by atoms with Crippen molar-refractivity contribution in [2.75, 3.05) is 12.4 Å². The second kappa shape index (κ2) is 4.22. The summed E-state index contributed by atoms with van der Waals surface area (Å²) < 4.78 is 5.20. The van der Waals surface area contributed by atoms with E-state index in [4.69, 9.17) is 4.52 Å². The monoisotopic (exact) mass is 229 g/mol. The summed E-state index contributed by atoms with van der Waals surface area (Å²) in [4.78, 5) is 2.36. The summed E-state index contributed by atoms with van der Waals surface area (Å²) in [5.41, 5.74) is 3.59. The number of fused-ring (bicyclic) bond motifs is 1. The molecule has 0 spiro atoms. The third-order valence-electron chi connectivity index (χ3n) is 3.10. The molecular formula is C13H15N3O. The largest absolute Gasteiger partial charge is 0.357 e. The van der Waals surface area contributed by atoms with Crippen LogP contribution in [0.4, 0.5) is 5.88 Å². The highest BCUT2D eigenvalue weighted by molar-refractivity contribution is 5.44. The van der Waals surface area contributed by atoms with Gasteiger partial charge in [-0.05, 0) is 5.56 Å². The van der Waals surface area contributed by atoms with Gasteiger partial charge in [-0.1, -0.05) is 35.5 Å². The van der Waals surface area contributed by atoms with Crippen LogP contribution in [0, 0.1) is 0 Å². The van der Waals surface area contributed by atoms with E-state index in [1.807, 2.05) is 13.1 Å². The van der Waals surface area contributed by atoms with E-state index in [2.05, 4.69) is 39.6 Å². The molecule has 0 fully saturated rings. The number of rotatable bonds is 3. The Morgan fingerprint density at radius 3 is 2.88 bits per heavy atom. The molecule has 0 unspecified atom stereocenters. The van der Waals surface area contributed by atoms with Crippen molar-refractivity contribution in [1.29, 1.82) is 0 Å². The number of aromatic nitrogens is 1. The van der Waals surface area contributed by atoms with E-state index in [1.165, 1.54) is 11.1 Å². The minimum absolute atomic E-state index is 0.801. The summed E-state index contributed by atoms with van der Waals surface area (Å²) in [7, 11) is 1.86. The number of nitrogens with zero attached hydrogens (tertiary/aromatic N) is 2. The second-order valence-corrected chi connectivity index (χ2v) is 4.32. The first-order valence-corrected chi connectivity index (χ1v) is 5.78. The summed E-state index contributed by atoms with van der Waals surface area (Å²) in [6.07, 6.45) is 0. The summed E-state index contributed by atoms with van der Waals surface area (Å²) in [5.74, 6) is 0.801. The van der Waals surface area contributed by atoms with E-state index in [-0.39, 0.29) is 0 Å². The molecule has 2 aromatic rings. The maximum atomic E-state index is 5.20. The zero-order valence-electron chi connectivity index (χ0n) is 9.81. The molecule has 17 heavy (non-hydrogen) atoms. The lowest BCUT2D eigenvalue weighted by Crippen LogP contribution is -2.16. The smallest absolute Gasteiger partial charge is 0.229 e. The molecular weight excluding hydrogens is 214 g/mol. The van der Waals surface area contributed by atoms with Crippen LogP contribution in [0.15, 0.2) is 34.9 Å². The Balaban J connectivity index is 1.72. The molecule has 2 heterocycles. The van der Waals surface area contributed by atoms with Gasteiger partial charge < -0.3 is 9.84 Å². The van der Waals surface area contributed by atoms with E-state index in [1.54, 1.807) is 0 Å². The predicted octanol–water partition coefficient (Wildman–Crippen LogP) is 2.23. The van der Waals surface area contributed by atoms with Crippen LogP contribution in [0.2, 0.25) is 0 Å². The molecule has 0 saturated heterocycles. The van der Waals surface area contributed by atoms with Crippen LogP contribution in [0.25, 0.3) is 0 Å². The van der Waals surface area contributed by atoms with Crippen molar-refractivity contribution in [2.24, 2.45) is 0 Å². The predicted molar refractivity (Wildman–Crippen MR) is 65.4 cm³/mol. The fourth-order valence-corrected chi connectivity index (χ4v) is 2.27. The van der Waals surface area contributed by atoms with E-state index in [0.29, 0.717) is 0 Å². The van der Waals surface area contributed by atoms with E-state index in [9.17, 15) is 0 Å². The first-order valence-electron chi connectivity index (χ1n) is 5.78. The van der Waals surface area contributed by atoms with E-state index < -0.39 is 0 Å². The highest BCUT2D eigenvalue weighted by atomic mass is 16.5. The Labute approximate surface area is 100 Å². The molecule has 1 aromatic heterocycles. The second-order valence-electron chi connectivity index (χ2n) is 4.32. The highest BCUT2D eigenvalue weighted by Crippen LogP contribution is 2.29. The molecule has 0 radical (unpaired) electrons. The molecule has 0 bridgehead atoms. The number of hydrogen-bond donors (Lipinski definition) is 1. The molecule has 88 valence electrons. The van der Waals surface area contributed by atoms with Crippen LogP contribution in [-0.2, 0) is 19.6 Å². The quantitative estimate of drug-likeness (QED) is 0.876.